The Balaban J connectivity index is 1.59. The minimum atomic E-state index is 0.345. The van der Waals surface area contributed by atoms with Gasteiger partial charge >= 0.3 is 0 Å². The fourth-order valence-electron chi connectivity index (χ4n) is 3.07. The highest BCUT2D eigenvalue weighted by Gasteiger charge is 2.21. The lowest BCUT2D eigenvalue weighted by atomic mass is 10.1. The summed E-state index contributed by atoms with van der Waals surface area (Å²) in [5.74, 6) is 0.930. The van der Waals surface area contributed by atoms with Crippen LogP contribution in [-0.2, 0) is 20.8 Å². The maximum absolute atomic E-state index is 5.98. The first-order valence-electron chi connectivity index (χ1n) is 9.61. The van der Waals surface area contributed by atoms with Crippen molar-refractivity contribution in [2.24, 2.45) is 4.99 Å². The molecule has 0 aliphatic carbocycles. The topological polar surface area (TPSA) is 55.3 Å². The second-order valence-electron chi connectivity index (χ2n) is 6.56. The van der Waals surface area contributed by atoms with Gasteiger partial charge in [-0.25, -0.2) is 0 Å². The lowest BCUT2D eigenvalue weighted by molar-refractivity contribution is 0.00983. The van der Waals surface area contributed by atoms with Crippen LogP contribution in [0, 0.1) is 0 Å². The molecule has 2 rings (SSSR count). The largest absolute Gasteiger partial charge is 0.385 e. The average Bonchev–Trinajstić information content (AvgIpc) is 2.69. The van der Waals surface area contributed by atoms with E-state index >= 15 is 0 Å². The van der Waals surface area contributed by atoms with E-state index in [0.29, 0.717) is 19.3 Å². The number of nitrogens with one attached hydrogen (secondary N) is 1. The number of piperidine rings is 1. The van der Waals surface area contributed by atoms with Gasteiger partial charge in [0.25, 0.3) is 0 Å². The molecular formula is C20H32ClN3O3. The number of ether oxygens (including phenoxy) is 3. The van der Waals surface area contributed by atoms with Crippen molar-refractivity contribution < 1.29 is 14.2 Å². The molecule has 0 radical (unpaired) electrons. The number of hydrogen-bond acceptors (Lipinski definition) is 4. The Hall–Kier alpha value is -1.34. The molecule has 1 aliphatic rings. The number of hydrogen-bond donors (Lipinski definition) is 1. The van der Waals surface area contributed by atoms with Crippen molar-refractivity contribution >= 4 is 17.6 Å². The zero-order chi connectivity index (χ0) is 19.3. The van der Waals surface area contributed by atoms with Crippen LogP contribution in [0.15, 0.2) is 29.3 Å². The zero-order valence-corrected chi connectivity index (χ0v) is 17.2. The van der Waals surface area contributed by atoms with Crippen molar-refractivity contribution in [3.05, 3.63) is 34.9 Å². The fraction of sp³-hybridized carbons (Fsp3) is 0.650. The van der Waals surface area contributed by atoms with Gasteiger partial charge < -0.3 is 24.4 Å². The lowest BCUT2D eigenvalue weighted by Crippen LogP contribution is -2.47. The molecular weight excluding hydrogens is 366 g/mol. The molecule has 6 nitrogen and oxygen atoms in total. The molecule has 1 aromatic rings. The van der Waals surface area contributed by atoms with Crippen LogP contribution in [-0.4, -0.2) is 70.6 Å². The molecule has 1 aliphatic heterocycles. The van der Waals surface area contributed by atoms with Crippen LogP contribution in [0.5, 0.6) is 0 Å². The Morgan fingerprint density at radius 3 is 2.78 bits per heavy atom. The van der Waals surface area contributed by atoms with E-state index < -0.39 is 0 Å². The van der Waals surface area contributed by atoms with E-state index in [1.165, 1.54) is 0 Å². The van der Waals surface area contributed by atoms with Gasteiger partial charge in [0, 0.05) is 52.0 Å². The Kier molecular flexibility index (Phi) is 10.5. The lowest BCUT2D eigenvalue weighted by Gasteiger charge is -2.34. The number of aliphatic imine (C=N–C) groups is 1. The third-order valence-electron chi connectivity index (χ3n) is 4.49. The fourth-order valence-corrected chi connectivity index (χ4v) is 3.28. The van der Waals surface area contributed by atoms with E-state index in [1.807, 2.05) is 31.3 Å². The third-order valence-corrected chi connectivity index (χ3v) is 4.72. The van der Waals surface area contributed by atoms with Gasteiger partial charge in [-0.2, -0.15) is 0 Å². The first-order valence-corrected chi connectivity index (χ1v) is 9.99. The second kappa shape index (κ2) is 12.9. The number of likely N-dealkylation sites (tertiary alicyclic amines) is 1. The molecule has 1 saturated heterocycles. The summed E-state index contributed by atoms with van der Waals surface area (Å²) >= 11 is 5.98. The summed E-state index contributed by atoms with van der Waals surface area (Å²) in [5, 5.41) is 4.12. The summed E-state index contributed by atoms with van der Waals surface area (Å²) in [5.41, 5.74) is 1.08. The van der Waals surface area contributed by atoms with E-state index in [1.54, 1.807) is 7.11 Å². The number of benzene rings is 1. The van der Waals surface area contributed by atoms with Gasteiger partial charge in [-0.05, 0) is 37.0 Å². The number of methoxy groups -OCH3 is 1. The summed E-state index contributed by atoms with van der Waals surface area (Å²) in [6.07, 6.45) is 3.35. The molecule has 152 valence electrons. The first-order chi connectivity index (χ1) is 13.2. The molecule has 1 N–H and O–H groups in total. The van der Waals surface area contributed by atoms with Gasteiger partial charge in [0.15, 0.2) is 5.96 Å². The van der Waals surface area contributed by atoms with Gasteiger partial charge in [-0.1, -0.05) is 23.7 Å². The summed E-state index contributed by atoms with van der Waals surface area (Å²) in [6, 6.07) is 7.74. The minimum Gasteiger partial charge on any atom is -0.385 e. The van der Waals surface area contributed by atoms with Crippen LogP contribution in [0.2, 0.25) is 5.02 Å². The standard InChI is InChI=1S/C20H32ClN3O3/c1-22-20(23-9-14-26-16-17-5-3-6-18(21)15-17)24-10-7-19(8-11-24)27-13-4-12-25-2/h3,5-6,15,19H,4,7-14,16H2,1-2H3,(H,22,23). The van der Waals surface area contributed by atoms with Crippen molar-refractivity contribution in [1.82, 2.24) is 10.2 Å². The van der Waals surface area contributed by atoms with Crippen molar-refractivity contribution in [3.8, 4) is 0 Å². The predicted octanol–water partition coefficient (Wildman–Crippen LogP) is 2.95. The number of guanidine groups is 1. The maximum atomic E-state index is 5.98. The molecule has 0 aromatic heterocycles. The Bertz CT molecular complexity index is 563. The predicted molar refractivity (Wildman–Crippen MR) is 110 cm³/mol. The van der Waals surface area contributed by atoms with Gasteiger partial charge in [0.2, 0.25) is 0 Å². The molecule has 0 saturated carbocycles. The highest BCUT2D eigenvalue weighted by atomic mass is 35.5. The molecule has 1 aromatic carbocycles. The summed E-state index contributed by atoms with van der Waals surface area (Å²) in [7, 11) is 3.54. The molecule has 27 heavy (non-hydrogen) atoms. The van der Waals surface area contributed by atoms with Gasteiger partial charge in [0.1, 0.15) is 0 Å². The SMILES string of the molecule is CN=C(NCCOCc1cccc(Cl)c1)N1CCC(OCCCOC)CC1. The average molecular weight is 398 g/mol. The van der Waals surface area contributed by atoms with E-state index in [4.69, 9.17) is 25.8 Å². The molecule has 0 atom stereocenters. The monoisotopic (exact) mass is 397 g/mol. The Morgan fingerprint density at radius 1 is 1.26 bits per heavy atom. The van der Waals surface area contributed by atoms with Gasteiger partial charge in [-0.3, -0.25) is 4.99 Å². The Morgan fingerprint density at radius 2 is 2.07 bits per heavy atom. The second-order valence-corrected chi connectivity index (χ2v) is 7.00. The van der Waals surface area contributed by atoms with Crippen LogP contribution in [0.3, 0.4) is 0 Å². The highest BCUT2D eigenvalue weighted by Crippen LogP contribution is 2.14. The highest BCUT2D eigenvalue weighted by molar-refractivity contribution is 6.30. The van der Waals surface area contributed by atoms with Crippen LogP contribution < -0.4 is 5.32 Å². The van der Waals surface area contributed by atoms with Crippen molar-refractivity contribution in [2.45, 2.75) is 32.0 Å². The van der Waals surface area contributed by atoms with E-state index in [0.717, 1.165) is 68.7 Å². The normalized spacial score (nSPS) is 16.0. The summed E-state index contributed by atoms with van der Waals surface area (Å²) in [4.78, 5) is 6.68. The molecule has 0 unspecified atom stereocenters. The van der Waals surface area contributed by atoms with Crippen LogP contribution in [0.4, 0.5) is 0 Å². The minimum absolute atomic E-state index is 0.345. The molecule has 1 fully saturated rings. The molecule has 0 spiro atoms. The zero-order valence-electron chi connectivity index (χ0n) is 16.5. The van der Waals surface area contributed by atoms with Crippen molar-refractivity contribution in [1.29, 1.82) is 0 Å². The van der Waals surface area contributed by atoms with E-state index in [-0.39, 0.29) is 0 Å². The number of rotatable bonds is 10. The molecule has 1 heterocycles. The Labute approximate surface area is 167 Å². The number of nitrogens with zero attached hydrogens (tertiary/aromatic N) is 2. The van der Waals surface area contributed by atoms with Crippen LogP contribution in [0.25, 0.3) is 0 Å². The maximum Gasteiger partial charge on any atom is 0.193 e. The molecule has 0 amide bonds. The first kappa shape index (κ1) is 22.0. The molecule has 0 bridgehead atoms. The van der Waals surface area contributed by atoms with E-state index in [9.17, 15) is 0 Å². The van der Waals surface area contributed by atoms with Crippen LogP contribution >= 0.6 is 11.6 Å². The molecule has 7 heteroatoms. The van der Waals surface area contributed by atoms with Crippen molar-refractivity contribution in [2.75, 3.05) is 53.6 Å². The summed E-state index contributed by atoms with van der Waals surface area (Å²) < 4.78 is 16.7. The number of halogens is 1. The van der Waals surface area contributed by atoms with Gasteiger partial charge in [-0.15, -0.1) is 0 Å². The smallest absolute Gasteiger partial charge is 0.193 e. The van der Waals surface area contributed by atoms with Crippen molar-refractivity contribution in [3.63, 3.8) is 0 Å². The van der Waals surface area contributed by atoms with Crippen LogP contribution in [0.1, 0.15) is 24.8 Å². The third kappa shape index (κ3) is 8.47. The quantitative estimate of drug-likeness (QED) is 0.373. The van der Waals surface area contributed by atoms with E-state index in [2.05, 4.69) is 15.2 Å². The van der Waals surface area contributed by atoms with Gasteiger partial charge in [0.05, 0.1) is 19.3 Å². The summed E-state index contributed by atoms with van der Waals surface area (Å²) in [6.45, 7) is 5.35.